The second-order valence-corrected chi connectivity index (χ2v) is 13.8. The van der Waals surface area contributed by atoms with Crippen LogP contribution in [0.15, 0.2) is 110 Å². The molecule has 10 heteroatoms. The summed E-state index contributed by atoms with van der Waals surface area (Å²) in [6.07, 6.45) is 5.23. The fraction of sp³-hybridized carbons (Fsp3) is 0.189. The van der Waals surface area contributed by atoms with Crippen LogP contribution in [0.4, 0.5) is 15.8 Å². The Morgan fingerprint density at radius 3 is 2.21 bits per heavy atom. The summed E-state index contributed by atoms with van der Waals surface area (Å²) >= 11 is 6.54. The third kappa shape index (κ3) is 7.11. The number of ether oxygens (including phenoxy) is 2. The number of aryl methyl sites for hydroxylation is 1. The average Bonchev–Trinajstić information content (AvgIpc) is 3.49. The first-order valence-corrected chi connectivity index (χ1v) is 16.4. The summed E-state index contributed by atoms with van der Waals surface area (Å²) in [7, 11) is 3.49. The Morgan fingerprint density at radius 1 is 0.872 bits per heavy atom. The normalized spacial score (nSPS) is 11.6. The average molecular weight is 665 g/mol. The maximum Gasteiger partial charge on any atom is 0.318 e. The number of imidazole rings is 1. The Kier molecular flexibility index (Phi) is 9.47. The van der Waals surface area contributed by atoms with Crippen LogP contribution >= 0.6 is 11.6 Å². The van der Waals surface area contributed by atoms with Crippen LogP contribution in [0.5, 0.6) is 17.2 Å². The second-order valence-electron chi connectivity index (χ2n) is 11.7. The van der Waals surface area contributed by atoms with Crippen LogP contribution in [0.1, 0.15) is 36.7 Å². The monoisotopic (exact) mass is 664 g/mol. The highest BCUT2D eigenvalue weighted by atomic mass is 35.5. The topological polar surface area (TPSA) is 70.4 Å². The number of halogens is 2. The Hall–Kier alpha value is -4.86. The second kappa shape index (κ2) is 13.9. The summed E-state index contributed by atoms with van der Waals surface area (Å²) in [4.78, 5) is 8.83. The highest BCUT2D eigenvalue weighted by Gasteiger charge is 2.35. The molecular formula is C37H34ClFN4O3Si. The molecule has 0 aliphatic heterocycles. The first-order valence-electron chi connectivity index (χ1n) is 15.1. The van der Waals surface area contributed by atoms with Crippen molar-refractivity contribution >= 4 is 43.6 Å². The number of rotatable bonds is 12. The van der Waals surface area contributed by atoms with Gasteiger partial charge < -0.3 is 23.8 Å². The quantitative estimate of drug-likeness (QED) is 0.132. The summed E-state index contributed by atoms with van der Waals surface area (Å²) < 4.78 is 35.3. The van der Waals surface area contributed by atoms with Crippen molar-refractivity contribution in [2.45, 2.75) is 31.4 Å². The Morgan fingerprint density at radius 2 is 1.57 bits per heavy atom. The molecule has 0 unspecified atom stereocenters. The summed E-state index contributed by atoms with van der Waals surface area (Å²) in [5.74, 6) is 1.75. The molecular weight excluding hydrogens is 631 g/mol. The Balaban J connectivity index is 1.25. The van der Waals surface area contributed by atoms with E-state index < -0.39 is 5.82 Å². The molecule has 7 nitrogen and oxygen atoms in total. The predicted molar refractivity (Wildman–Crippen MR) is 186 cm³/mol. The van der Waals surface area contributed by atoms with Gasteiger partial charge in [-0.25, -0.2) is 9.37 Å². The molecule has 2 aromatic heterocycles. The molecule has 2 heterocycles. The lowest BCUT2D eigenvalue weighted by Crippen LogP contribution is -2.27. The number of benzene rings is 4. The maximum absolute atomic E-state index is 15.4. The van der Waals surface area contributed by atoms with Gasteiger partial charge in [-0.1, -0.05) is 86.1 Å². The smallest absolute Gasteiger partial charge is 0.318 e. The van der Waals surface area contributed by atoms with Gasteiger partial charge in [-0.3, -0.25) is 4.98 Å². The van der Waals surface area contributed by atoms with Gasteiger partial charge in [-0.2, -0.15) is 0 Å². The van der Waals surface area contributed by atoms with Crippen molar-refractivity contribution in [2.24, 2.45) is 7.05 Å². The standard InChI is InChI=1S/C37H34ClFN4O3Si/c1-37(2,36(24-11-7-5-8-12-24)25-13-9-6-10-14-25)47-46-32-22-31(28(39)20-27(32)38)42-29-15-16-40-30-21-34(33(44-4)19-26(29)30)45-23-35-41-17-18-43(35)3/h5-22,36H,23H2,1-4H3,(H,40,42). The van der Waals surface area contributed by atoms with E-state index in [-0.39, 0.29) is 38.0 Å². The van der Waals surface area contributed by atoms with Gasteiger partial charge in [0.05, 0.1) is 23.3 Å². The summed E-state index contributed by atoms with van der Waals surface area (Å²) in [6.45, 7) is 4.62. The van der Waals surface area contributed by atoms with Gasteiger partial charge in [0, 0.05) is 59.8 Å². The van der Waals surface area contributed by atoms with Gasteiger partial charge in [0.15, 0.2) is 11.5 Å². The summed E-state index contributed by atoms with van der Waals surface area (Å²) in [5.41, 5.74) is 3.88. The molecule has 2 radical (unpaired) electrons. The fourth-order valence-electron chi connectivity index (χ4n) is 5.62. The van der Waals surface area contributed by atoms with Gasteiger partial charge in [-0.05, 0) is 29.3 Å². The molecule has 47 heavy (non-hydrogen) atoms. The van der Waals surface area contributed by atoms with Gasteiger partial charge in [0.1, 0.15) is 24.0 Å². The first kappa shape index (κ1) is 32.1. The molecule has 0 fully saturated rings. The molecule has 0 amide bonds. The molecule has 6 aromatic rings. The predicted octanol–water partition coefficient (Wildman–Crippen LogP) is 9.12. The minimum Gasteiger partial charge on any atom is -0.539 e. The van der Waals surface area contributed by atoms with Crippen molar-refractivity contribution in [1.29, 1.82) is 0 Å². The number of nitrogens with one attached hydrogen (secondary N) is 1. The zero-order valence-corrected chi connectivity index (χ0v) is 28.3. The van der Waals surface area contributed by atoms with E-state index in [9.17, 15) is 0 Å². The number of aromatic nitrogens is 3. The highest BCUT2D eigenvalue weighted by Crippen LogP contribution is 2.46. The molecule has 0 saturated heterocycles. The molecule has 0 atom stereocenters. The summed E-state index contributed by atoms with van der Waals surface area (Å²) in [6, 6.07) is 29.1. The third-order valence-corrected chi connectivity index (χ3v) is 9.44. The van der Waals surface area contributed by atoms with Crippen LogP contribution in [0, 0.1) is 5.82 Å². The SMILES string of the molecule is COc1cc2c(Nc3cc(O[Si]C(C)(C)C(c4ccccc4)c4ccccc4)c(Cl)cc3F)ccnc2cc1OCc1nccn1C. The molecule has 238 valence electrons. The zero-order valence-electron chi connectivity index (χ0n) is 26.5. The van der Waals surface area contributed by atoms with Crippen molar-refractivity contribution in [1.82, 2.24) is 14.5 Å². The van der Waals surface area contributed by atoms with E-state index >= 15 is 4.39 Å². The Bertz CT molecular complexity index is 1950. The molecule has 0 aliphatic carbocycles. The largest absolute Gasteiger partial charge is 0.539 e. The van der Waals surface area contributed by atoms with Gasteiger partial charge in [0.2, 0.25) is 0 Å². The number of hydrogen-bond donors (Lipinski definition) is 1. The molecule has 1 N–H and O–H groups in total. The zero-order chi connectivity index (χ0) is 33.0. The lowest BCUT2D eigenvalue weighted by molar-refractivity contribution is 0.273. The first-order chi connectivity index (χ1) is 22.7. The van der Waals surface area contributed by atoms with Crippen LogP contribution in [-0.4, -0.2) is 31.4 Å². The van der Waals surface area contributed by atoms with Crippen molar-refractivity contribution < 1.29 is 18.3 Å². The van der Waals surface area contributed by atoms with Gasteiger partial charge in [0.25, 0.3) is 0 Å². The van der Waals surface area contributed by atoms with Crippen molar-refractivity contribution in [2.75, 3.05) is 12.4 Å². The van der Waals surface area contributed by atoms with E-state index in [1.807, 2.05) is 36.0 Å². The number of fused-ring (bicyclic) bond motifs is 1. The van der Waals surface area contributed by atoms with E-state index in [0.717, 1.165) is 11.2 Å². The Labute approximate surface area is 281 Å². The van der Waals surface area contributed by atoms with Crippen molar-refractivity contribution in [3.05, 3.63) is 137 Å². The number of hydrogen-bond acceptors (Lipinski definition) is 6. The highest BCUT2D eigenvalue weighted by molar-refractivity contribution is 6.36. The summed E-state index contributed by atoms with van der Waals surface area (Å²) in [5, 5.41) is 3.83. The van der Waals surface area contributed by atoms with Crippen LogP contribution < -0.4 is 19.2 Å². The molecule has 0 bridgehead atoms. The van der Waals surface area contributed by atoms with Crippen LogP contribution in [0.25, 0.3) is 10.9 Å². The van der Waals surface area contributed by atoms with Crippen molar-refractivity contribution in [3.8, 4) is 17.2 Å². The molecule has 0 aliphatic rings. The van der Waals surface area contributed by atoms with E-state index in [1.165, 1.54) is 17.2 Å². The van der Waals surface area contributed by atoms with Crippen LogP contribution in [0.3, 0.4) is 0 Å². The molecule has 6 rings (SSSR count). The number of nitrogens with zero attached hydrogens (tertiary/aromatic N) is 3. The molecule has 0 saturated carbocycles. The number of anilines is 2. The fourth-order valence-corrected chi connectivity index (χ4v) is 6.87. The minimum absolute atomic E-state index is 0.0157. The van der Waals surface area contributed by atoms with Gasteiger partial charge >= 0.3 is 9.76 Å². The number of pyridine rings is 1. The van der Waals surface area contributed by atoms with E-state index in [1.54, 1.807) is 37.7 Å². The lowest BCUT2D eigenvalue weighted by Gasteiger charge is -2.34. The third-order valence-electron chi connectivity index (χ3n) is 8.01. The number of methoxy groups -OCH3 is 1. The van der Waals surface area contributed by atoms with Crippen LogP contribution in [0.2, 0.25) is 10.1 Å². The van der Waals surface area contributed by atoms with E-state index in [4.69, 9.17) is 25.5 Å². The minimum atomic E-state index is -0.511. The maximum atomic E-state index is 15.4. The van der Waals surface area contributed by atoms with Gasteiger partial charge in [-0.15, -0.1) is 0 Å². The van der Waals surface area contributed by atoms with Crippen molar-refractivity contribution in [3.63, 3.8) is 0 Å². The lowest BCUT2D eigenvalue weighted by atomic mass is 9.82. The molecule has 0 spiro atoms. The van der Waals surface area contributed by atoms with Crippen LogP contribution in [-0.2, 0) is 13.7 Å². The van der Waals surface area contributed by atoms with E-state index in [0.29, 0.717) is 28.5 Å². The van der Waals surface area contributed by atoms with E-state index in [2.05, 4.69) is 77.7 Å². The molecule has 4 aromatic carbocycles.